The Balaban J connectivity index is 1.44. The topological polar surface area (TPSA) is 70.2 Å². The van der Waals surface area contributed by atoms with Gasteiger partial charge in [0, 0.05) is 31.9 Å². The zero-order valence-corrected chi connectivity index (χ0v) is 19.8. The van der Waals surface area contributed by atoms with Crippen LogP contribution in [0.15, 0.2) is 24.3 Å². The van der Waals surface area contributed by atoms with E-state index in [1.807, 2.05) is 35.4 Å². The summed E-state index contributed by atoms with van der Waals surface area (Å²) in [6.45, 7) is 2.62. The minimum absolute atomic E-state index is 0.0752. The summed E-state index contributed by atoms with van der Waals surface area (Å²) in [7, 11) is 1.65. The van der Waals surface area contributed by atoms with Crippen LogP contribution in [0.3, 0.4) is 0 Å². The standard InChI is InChI=1S/C24H33N3O4S/c1-31-18-9-7-17(8-10-18)25-12-14-26(15-13-25)24(30)21(11-16-32-2)27-22(28)19-5-3-4-6-20(19)23(27)29/h7-10,19-21H,3-6,11-16H2,1-2H3. The zero-order valence-electron chi connectivity index (χ0n) is 19.0. The number of rotatable bonds is 7. The molecule has 0 N–H and O–H groups in total. The first-order valence-corrected chi connectivity index (χ1v) is 13.0. The lowest BCUT2D eigenvalue weighted by molar-refractivity contribution is -0.152. The highest BCUT2D eigenvalue weighted by atomic mass is 32.2. The number of anilines is 1. The third-order valence-electron chi connectivity index (χ3n) is 7.10. The van der Waals surface area contributed by atoms with Gasteiger partial charge in [-0.1, -0.05) is 12.8 Å². The fourth-order valence-electron chi connectivity index (χ4n) is 5.28. The molecule has 7 nitrogen and oxygen atoms in total. The lowest BCUT2D eigenvalue weighted by atomic mass is 9.81. The maximum Gasteiger partial charge on any atom is 0.246 e. The minimum atomic E-state index is -0.666. The number of hydrogen-bond acceptors (Lipinski definition) is 6. The molecule has 0 aromatic heterocycles. The Kier molecular flexibility index (Phi) is 7.28. The van der Waals surface area contributed by atoms with Crippen LogP contribution in [0.4, 0.5) is 5.69 Å². The summed E-state index contributed by atoms with van der Waals surface area (Å²) in [5.74, 6) is 0.829. The molecule has 0 radical (unpaired) electrons. The van der Waals surface area contributed by atoms with Crippen molar-refractivity contribution in [1.82, 2.24) is 9.80 Å². The first-order valence-electron chi connectivity index (χ1n) is 11.6. The van der Waals surface area contributed by atoms with Gasteiger partial charge in [-0.25, -0.2) is 0 Å². The van der Waals surface area contributed by atoms with Gasteiger partial charge in [0.05, 0.1) is 18.9 Å². The van der Waals surface area contributed by atoms with Crippen molar-refractivity contribution < 1.29 is 19.1 Å². The van der Waals surface area contributed by atoms with E-state index >= 15 is 0 Å². The van der Waals surface area contributed by atoms with E-state index in [-0.39, 0.29) is 29.6 Å². The number of ether oxygens (including phenoxy) is 1. The van der Waals surface area contributed by atoms with Crippen molar-refractivity contribution in [1.29, 1.82) is 0 Å². The Labute approximate surface area is 194 Å². The number of methoxy groups -OCH3 is 1. The van der Waals surface area contributed by atoms with E-state index in [1.165, 1.54) is 4.90 Å². The smallest absolute Gasteiger partial charge is 0.246 e. The number of likely N-dealkylation sites (tertiary alicyclic amines) is 1. The van der Waals surface area contributed by atoms with E-state index in [0.29, 0.717) is 19.5 Å². The molecule has 1 aliphatic carbocycles. The number of carbonyl (C=O) groups excluding carboxylic acids is 3. The molecule has 4 rings (SSSR count). The summed E-state index contributed by atoms with van der Waals surface area (Å²) in [6.07, 6.45) is 6.04. The third-order valence-corrected chi connectivity index (χ3v) is 7.74. The van der Waals surface area contributed by atoms with Crippen molar-refractivity contribution in [3.05, 3.63) is 24.3 Å². The van der Waals surface area contributed by atoms with Crippen molar-refractivity contribution in [2.75, 3.05) is 50.2 Å². The highest BCUT2D eigenvalue weighted by Gasteiger charge is 2.52. The summed E-state index contributed by atoms with van der Waals surface area (Å²) >= 11 is 1.64. The SMILES string of the molecule is COc1ccc(N2CCN(C(=O)C(CCSC)N3C(=O)C4CCCCC4C3=O)CC2)cc1. The van der Waals surface area contributed by atoms with Crippen LogP contribution in [0, 0.1) is 11.8 Å². The summed E-state index contributed by atoms with van der Waals surface area (Å²) in [6, 6.07) is 7.27. The van der Waals surface area contributed by atoms with Crippen molar-refractivity contribution in [3.63, 3.8) is 0 Å². The molecule has 2 aliphatic heterocycles. The zero-order chi connectivity index (χ0) is 22.7. The molecule has 3 amide bonds. The summed E-state index contributed by atoms with van der Waals surface area (Å²) in [5.41, 5.74) is 1.10. The molecule has 0 spiro atoms. The second-order valence-electron chi connectivity index (χ2n) is 8.85. The van der Waals surface area contributed by atoms with E-state index < -0.39 is 6.04 Å². The van der Waals surface area contributed by atoms with Gasteiger partial charge in [0.2, 0.25) is 17.7 Å². The van der Waals surface area contributed by atoms with Gasteiger partial charge in [-0.3, -0.25) is 19.3 Å². The van der Waals surface area contributed by atoms with Crippen LogP contribution in [0.25, 0.3) is 0 Å². The van der Waals surface area contributed by atoms with Crippen molar-refractivity contribution in [2.45, 2.75) is 38.1 Å². The first kappa shape index (κ1) is 23.0. The second kappa shape index (κ2) is 10.1. The average molecular weight is 460 g/mol. The summed E-state index contributed by atoms with van der Waals surface area (Å²) < 4.78 is 5.23. The number of carbonyl (C=O) groups is 3. The molecule has 8 heteroatoms. The van der Waals surface area contributed by atoms with Gasteiger partial charge >= 0.3 is 0 Å². The van der Waals surface area contributed by atoms with Crippen LogP contribution in [-0.2, 0) is 14.4 Å². The number of piperazine rings is 1. The van der Waals surface area contributed by atoms with Gasteiger partial charge in [0.1, 0.15) is 11.8 Å². The van der Waals surface area contributed by atoms with E-state index in [1.54, 1.807) is 18.9 Å². The monoisotopic (exact) mass is 459 g/mol. The lowest BCUT2D eigenvalue weighted by Crippen LogP contribution is -2.56. The van der Waals surface area contributed by atoms with Crippen molar-refractivity contribution in [3.8, 4) is 5.75 Å². The molecule has 3 fully saturated rings. The van der Waals surface area contributed by atoms with Gasteiger partial charge in [-0.15, -0.1) is 0 Å². The fourth-order valence-corrected chi connectivity index (χ4v) is 5.74. The molecule has 2 heterocycles. The van der Waals surface area contributed by atoms with E-state index in [0.717, 1.165) is 56.0 Å². The van der Waals surface area contributed by atoms with Crippen LogP contribution in [0.2, 0.25) is 0 Å². The van der Waals surface area contributed by atoms with E-state index in [2.05, 4.69) is 4.90 Å². The molecule has 3 aliphatic rings. The number of nitrogens with zero attached hydrogens (tertiary/aromatic N) is 3. The lowest BCUT2D eigenvalue weighted by Gasteiger charge is -2.39. The molecule has 174 valence electrons. The van der Waals surface area contributed by atoms with Crippen LogP contribution in [0.1, 0.15) is 32.1 Å². The number of thioether (sulfide) groups is 1. The average Bonchev–Trinajstić information content (AvgIpc) is 3.10. The molecule has 2 saturated heterocycles. The number of amides is 3. The predicted octanol–water partition coefficient (Wildman–Crippen LogP) is 2.64. The number of benzene rings is 1. The maximum atomic E-state index is 13.6. The van der Waals surface area contributed by atoms with Gasteiger partial charge in [0.25, 0.3) is 0 Å². The molecule has 32 heavy (non-hydrogen) atoms. The first-order chi connectivity index (χ1) is 15.5. The molecular formula is C24H33N3O4S. The molecule has 1 aromatic rings. The molecule has 3 unspecified atom stereocenters. The van der Waals surface area contributed by atoms with Crippen LogP contribution < -0.4 is 9.64 Å². The molecule has 1 saturated carbocycles. The molecule has 1 aromatic carbocycles. The number of imide groups is 1. The minimum Gasteiger partial charge on any atom is -0.497 e. The van der Waals surface area contributed by atoms with Gasteiger partial charge in [0.15, 0.2) is 0 Å². The molecule has 3 atom stereocenters. The summed E-state index contributed by atoms with van der Waals surface area (Å²) in [4.78, 5) is 45.3. The van der Waals surface area contributed by atoms with Crippen molar-refractivity contribution in [2.24, 2.45) is 11.8 Å². The van der Waals surface area contributed by atoms with E-state index in [4.69, 9.17) is 4.74 Å². The normalized spacial score (nSPS) is 24.5. The Morgan fingerprint density at radius 2 is 1.62 bits per heavy atom. The Bertz CT molecular complexity index is 814. The van der Waals surface area contributed by atoms with Crippen molar-refractivity contribution >= 4 is 35.2 Å². The van der Waals surface area contributed by atoms with Gasteiger partial charge < -0.3 is 14.5 Å². The number of fused-ring (bicyclic) bond motifs is 1. The third kappa shape index (κ3) is 4.47. The van der Waals surface area contributed by atoms with Crippen LogP contribution >= 0.6 is 11.8 Å². The Hall–Kier alpha value is -2.22. The molecular weight excluding hydrogens is 426 g/mol. The van der Waals surface area contributed by atoms with Gasteiger partial charge in [-0.05, 0) is 55.5 Å². The predicted molar refractivity (Wildman–Crippen MR) is 126 cm³/mol. The summed E-state index contributed by atoms with van der Waals surface area (Å²) in [5, 5.41) is 0. The van der Waals surface area contributed by atoms with Crippen LogP contribution in [0.5, 0.6) is 5.75 Å². The molecule has 0 bridgehead atoms. The highest BCUT2D eigenvalue weighted by molar-refractivity contribution is 7.98. The fraction of sp³-hybridized carbons (Fsp3) is 0.625. The highest BCUT2D eigenvalue weighted by Crippen LogP contribution is 2.39. The van der Waals surface area contributed by atoms with Crippen LogP contribution in [-0.4, -0.2) is 78.9 Å². The Morgan fingerprint density at radius 1 is 1.03 bits per heavy atom. The number of hydrogen-bond donors (Lipinski definition) is 0. The Morgan fingerprint density at radius 3 is 2.16 bits per heavy atom. The van der Waals surface area contributed by atoms with Gasteiger partial charge in [-0.2, -0.15) is 11.8 Å². The maximum absolute atomic E-state index is 13.6. The van der Waals surface area contributed by atoms with E-state index in [9.17, 15) is 14.4 Å². The largest absolute Gasteiger partial charge is 0.497 e. The second-order valence-corrected chi connectivity index (χ2v) is 9.84. The quantitative estimate of drug-likeness (QED) is 0.584.